The molecule has 160 valence electrons. The van der Waals surface area contributed by atoms with Crippen LogP contribution >= 0.6 is 11.3 Å². The Morgan fingerprint density at radius 1 is 1.17 bits per heavy atom. The lowest BCUT2D eigenvalue weighted by Gasteiger charge is -2.58. The van der Waals surface area contributed by atoms with E-state index in [-0.39, 0.29) is 6.10 Å². The molecule has 3 saturated carbocycles. The number of allylic oxidation sites excluding steroid dienone is 1. The number of hydrogen-bond acceptors (Lipinski definition) is 3. The average Bonchev–Trinajstić information content (AvgIpc) is 3.34. The molecule has 2 nitrogen and oxygen atoms in total. The summed E-state index contributed by atoms with van der Waals surface area (Å²) in [6, 6.07) is 0. The topological polar surface area (TPSA) is 33.1 Å². The van der Waals surface area contributed by atoms with Gasteiger partial charge in [-0.3, -0.25) is 0 Å². The number of hydrogen-bond donors (Lipinski definition) is 1. The zero-order valence-electron chi connectivity index (χ0n) is 18.6. The molecule has 4 aliphatic carbocycles. The highest BCUT2D eigenvalue weighted by molar-refractivity contribution is 7.09. The maximum absolute atomic E-state index is 10.2. The van der Waals surface area contributed by atoms with E-state index in [0.29, 0.717) is 10.8 Å². The summed E-state index contributed by atoms with van der Waals surface area (Å²) >= 11 is 1.82. The van der Waals surface area contributed by atoms with E-state index in [2.05, 4.69) is 37.2 Å². The number of aryl methyl sites for hydroxylation is 1. The molecule has 1 aromatic heterocycles. The van der Waals surface area contributed by atoms with Crippen LogP contribution in [0.3, 0.4) is 0 Å². The van der Waals surface area contributed by atoms with Gasteiger partial charge in [-0.1, -0.05) is 32.4 Å². The first-order valence-electron chi connectivity index (χ1n) is 12.2. The van der Waals surface area contributed by atoms with Gasteiger partial charge < -0.3 is 5.11 Å². The molecule has 0 unspecified atom stereocenters. The number of aliphatic hydroxyl groups excluding tert-OH is 1. The second-order valence-corrected chi connectivity index (χ2v) is 12.3. The van der Waals surface area contributed by atoms with Crippen LogP contribution in [0.2, 0.25) is 0 Å². The predicted molar refractivity (Wildman–Crippen MR) is 121 cm³/mol. The van der Waals surface area contributed by atoms with Crippen molar-refractivity contribution in [2.75, 3.05) is 0 Å². The molecule has 1 aromatic rings. The summed E-state index contributed by atoms with van der Waals surface area (Å²) in [5.74, 6) is 4.35. The van der Waals surface area contributed by atoms with Crippen molar-refractivity contribution in [1.29, 1.82) is 0 Å². The Balaban J connectivity index is 1.33. The normalized spacial score (nSPS) is 45.1. The van der Waals surface area contributed by atoms with Crippen LogP contribution in [-0.2, 0) is 6.42 Å². The number of rotatable bonds is 4. The van der Waals surface area contributed by atoms with Crippen LogP contribution in [0.25, 0.3) is 0 Å². The number of nitrogens with zero attached hydrogens (tertiary/aromatic N) is 1. The summed E-state index contributed by atoms with van der Waals surface area (Å²) in [5.41, 5.74) is 2.52. The van der Waals surface area contributed by atoms with Gasteiger partial charge in [-0.15, -0.1) is 11.3 Å². The summed E-state index contributed by atoms with van der Waals surface area (Å²) in [4.78, 5) is 4.51. The van der Waals surface area contributed by atoms with Gasteiger partial charge in [-0.25, -0.2) is 4.98 Å². The Hall–Kier alpha value is -0.670. The Bertz CT molecular complexity index is 757. The first-order chi connectivity index (χ1) is 13.9. The highest BCUT2D eigenvalue weighted by atomic mass is 32.1. The predicted octanol–water partition coefficient (Wildman–Crippen LogP) is 6.65. The molecule has 0 amide bonds. The molecule has 4 aliphatic rings. The fourth-order valence-corrected chi connectivity index (χ4v) is 9.18. The van der Waals surface area contributed by atoms with Gasteiger partial charge in [0.2, 0.25) is 0 Å². The summed E-state index contributed by atoms with van der Waals surface area (Å²) in [7, 11) is 0. The van der Waals surface area contributed by atoms with Crippen LogP contribution in [0, 0.1) is 40.4 Å². The van der Waals surface area contributed by atoms with E-state index in [1.54, 1.807) is 5.57 Å². The maximum atomic E-state index is 10.2. The molecule has 0 aromatic carbocycles. The minimum absolute atomic E-state index is 0.0886. The maximum Gasteiger partial charge on any atom is 0.0924 e. The Morgan fingerprint density at radius 3 is 2.83 bits per heavy atom. The SMILES string of the molecule is C[C@H](CCc1nccs1)[C@H]1CC[C@H]2[C@@H]3CC=C4C[C@@H](O)CC[C@]4(C)[C@H]3CC[C@]12C. The van der Waals surface area contributed by atoms with Crippen molar-refractivity contribution in [1.82, 2.24) is 4.98 Å². The molecular formula is C26H39NOS. The molecule has 8 atom stereocenters. The summed E-state index contributed by atoms with van der Waals surface area (Å²) in [6.07, 6.45) is 17.1. The van der Waals surface area contributed by atoms with Gasteiger partial charge in [-0.2, -0.15) is 0 Å². The van der Waals surface area contributed by atoms with Gasteiger partial charge in [0.05, 0.1) is 11.1 Å². The standard InChI is InChI=1S/C26H39NOS/c1-17(4-9-24-27-14-15-29-24)21-7-8-22-20-6-5-18-16-19(28)10-12-25(18,2)23(20)11-13-26(21,22)3/h5,14-15,17,19-23,28H,4,6-13,16H2,1-3H3/t17-,19+,20+,21-,22+,23+,25+,26-/m1/s1. The van der Waals surface area contributed by atoms with Crippen LogP contribution in [0.1, 0.15) is 83.6 Å². The fraction of sp³-hybridized carbons (Fsp3) is 0.808. The van der Waals surface area contributed by atoms with Crippen molar-refractivity contribution in [2.24, 2.45) is 40.4 Å². The van der Waals surface area contributed by atoms with Crippen LogP contribution in [0.4, 0.5) is 0 Å². The van der Waals surface area contributed by atoms with Crippen LogP contribution in [0.5, 0.6) is 0 Å². The summed E-state index contributed by atoms with van der Waals surface area (Å²) in [5, 5.41) is 13.7. The Kier molecular flexibility index (Phi) is 5.22. The zero-order chi connectivity index (χ0) is 20.2. The molecular weight excluding hydrogens is 374 g/mol. The van der Waals surface area contributed by atoms with Crippen LogP contribution in [-0.4, -0.2) is 16.2 Å². The van der Waals surface area contributed by atoms with Crippen molar-refractivity contribution in [3.8, 4) is 0 Å². The molecule has 29 heavy (non-hydrogen) atoms. The van der Waals surface area contributed by atoms with Crippen molar-refractivity contribution in [3.63, 3.8) is 0 Å². The van der Waals surface area contributed by atoms with E-state index in [0.717, 1.165) is 48.9 Å². The summed E-state index contributed by atoms with van der Waals surface area (Å²) in [6.45, 7) is 7.74. The monoisotopic (exact) mass is 413 g/mol. The van der Waals surface area contributed by atoms with Gasteiger partial charge in [0.1, 0.15) is 0 Å². The molecule has 0 saturated heterocycles. The van der Waals surface area contributed by atoms with Crippen molar-refractivity contribution < 1.29 is 5.11 Å². The highest BCUT2D eigenvalue weighted by Crippen LogP contribution is 2.67. The van der Waals surface area contributed by atoms with Crippen molar-refractivity contribution in [2.45, 2.75) is 91.1 Å². The molecule has 1 N–H and O–H groups in total. The van der Waals surface area contributed by atoms with E-state index in [1.807, 2.05) is 17.5 Å². The lowest BCUT2D eigenvalue weighted by atomic mass is 9.47. The minimum Gasteiger partial charge on any atom is -0.393 e. The second-order valence-electron chi connectivity index (χ2n) is 11.3. The molecule has 0 spiro atoms. The number of fused-ring (bicyclic) bond motifs is 5. The lowest BCUT2D eigenvalue weighted by Crippen LogP contribution is -2.50. The van der Waals surface area contributed by atoms with Gasteiger partial charge >= 0.3 is 0 Å². The fourth-order valence-electron chi connectivity index (χ4n) is 8.55. The zero-order valence-corrected chi connectivity index (χ0v) is 19.4. The Morgan fingerprint density at radius 2 is 2.03 bits per heavy atom. The van der Waals surface area contributed by atoms with Gasteiger partial charge in [0.25, 0.3) is 0 Å². The number of thiazole rings is 1. The molecule has 0 aliphatic heterocycles. The molecule has 3 heteroatoms. The molecule has 0 bridgehead atoms. The first-order valence-corrected chi connectivity index (χ1v) is 13.1. The minimum atomic E-state index is -0.0886. The third-order valence-electron chi connectivity index (χ3n) is 10.1. The number of aromatic nitrogens is 1. The Labute approximate surface area is 181 Å². The quantitative estimate of drug-likeness (QED) is 0.560. The van der Waals surface area contributed by atoms with E-state index < -0.39 is 0 Å². The molecule has 1 heterocycles. The van der Waals surface area contributed by atoms with Crippen molar-refractivity contribution >= 4 is 11.3 Å². The van der Waals surface area contributed by atoms with Gasteiger partial charge in [-0.05, 0) is 105 Å². The average molecular weight is 414 g/mol. The molecule has 0 radical (unpaired) electrons. The van der Waals surface area contributed by atoms with E-state index in [9.17, 15) is 5.11 Å². The third kappa shape index (κ3) is 3.26. The second kappa shape index (κ2) is 7.48. The van der Waals surface area contributed by atoms with Crippen LogP contribution < -0.4 is 0 Å². The lowest BCUT2D eigenvalue weighted by molar-refractivity contribution is -0.0571. The molecule has 5 rings (SSSR count). The van der Waals surface area contributed by atoms with E-state index in [1.165, 1.54) is 50.0 Å². The van der Waals surface area contributed by atoms with E-state index >= 15 is 0 Å². The smallest absolute Gasteiger partial charge is 0.0924 e. The van der Waals surface area contributed by atoms with Crippen molar-refractivity contribution in [3.05, 3.63) is 28.2 Å². The van der Waals surface area contributed by atoms with Gasteiger partial charge in [0.15, 0.2) is 0 Å². The third-order valence-corrected chi connectivity index (χ3v) is 11.0. The summed E-state index contributed by atoms with van der Waals surface area (Å²) < 4.78 is 0. The highest BCUT2D eigenvalue weighted by Gasteiger charge is 2.59. The van der Waals surface area contributed by atoms with E-state index in [4.69, 9.17) is 0 Å². The largest absolute Gasteiger partial charge is 0.393 e. The van der Waals surface area contributed by atoms with Crippen LogP contribution in [0.15, 0.2) is 23.2 Å². The molecule has 3 fully saturated rings. The van der Waals surface area contributed by atoms with Gasteiger partial charge in [0, 0.05) is 11.6 Å². The first kappa shape index (κ1) is 20.2. The number of aliphatic hydroxyl groups is 1.